The van der Waals surface area contributed by atoms with Crippen molar-refractivity contribution in [2.45, 2.75) is 0 Å². The highest BCUT2D eigenvalue weighted by molar-refractivity contribution is 7.20. The number of halogens is 3. The maximum Gasteiger partial charge on any atom is 0.258 e. The Kier molecular flexibility index (Phi) is 4.02. The molecule has 3 nitrogen and oxygen atoms in total. The number of nitrogen functional groups attached to an aromatic ring is 1. The summed E-state index contributed by atoms with van der Waals surface area (Å²) in [6, 6.07) is 6.33. The number of thiophene rings is 1. The molecular formula is C11H7Cl3N2OS. The van der Waals surface area contributed by atoms with E-state index in [4.69, 9.17) is 40.5 Å². The lowest BCUT2D eigenvalue weighted by Gasteiger charge is -2.07. The molecule has 0 aliphatic rings. The van der Waals surface area contributed by atoms with Gasteiger partial charge in [-0.15, -0.1) is 11.3 Å². The van der Waals surface area contributed by atoms with Crippen molar-refractivity contribution in [3.63, 3.8) is 0 Å². The van der Waals surface area contributed by atoms with Gasteiger partial charge < -0.3 is 11.1 Å². The van der Waals surface area contributed by atoms with Crippen molar-refractivity contribution in [1.82, 2.24) is 0 Å². The van der Waals surface area contributed by atoms with Crippen LogP contribution >= 0.6 is 46.1 Å². The Hall–Kier alpha value is -0.940. The topological polar surface area (TPSA) is 55.1 Å². The minimum atomic E-state index is -0.366. The monoisotopic (exact) mass is 320 g/mol. The number of nitrogens with one attached hydrogen (secondary N) is 1. The van der Waals surface area contributed by atoms with E-state index in [1.807, 2.05) is 0 Å². The third-order valence-corrected chi connectivity index (χ3v) is 3.94. The number of hydrogen-bond acceptors (Lipinski definition) is 3. The van der Waals surface area contributed by atoms with Gasteiger partial charge in [-0.1, -0.05) is 34.8 Å². The van der Waals surface area contributed by atoms with Crippen LogP contribution in [-0.2, 0) is 0 Å². The first-order valence-electron chi connectivity index (χ1n) is 4.78. The summed E-state index contributed by atoms with van der Waals surface area (Å²) in [5, 5.41) is 3.01. The van der Waals surface area contributed by atoms with Gasteiger partial charge in [-0.3, -0.25) is 4.79 Å². The Balaban J connectivity index is 2.24. The lowest BCUT2D eigenvalue weighted by atomic mass is 10.2. The minimum Gasteiger partial charge on any atom is -0.399 e. The minimum absolute atomic E-state index is 0.319. The van der Waals surface area contributed by atoms with E-state index >= 15 is 0 Å². The van der Waals surface area contributed by atoms with E-state index in [1.54, 1.807) is 18.2 Å². The molecule has 1 amide bonds. The summed E-state index contributed by atoms with van der Waals surface area (Å²) in [5.74, 6) is -0.366. The Morgan fingerprint density at radius 1 is 1.22 bits per heavy atom. The number of carbonyl (C=O) groups excluding carboxylic acids is 1. The van der Waals surface area contributed by atoms with Crippen LogP contribution < -0.4 is 11.1 Å². The fraction of sp³-hybridized carbons (Fsp3) is 0. The maximum absolute atomic E-state index is 11.9. The highest BCUT2D eigenvalue weighted by Gasteiger charge is 2.15. The lowest BCUT2D eigenvalue weighted by Crippen LogP contribution is -2.11. The molecule has 0 aliphatic heterocycles. The van der Waals surface area contributed by atoms with Gasteiger partial charge in [0.25, 0.3) is 5.91 Å². The van der Waals surface area contributed by atoms with Crippen molar-refractivity contribution in [1.29, 1.82) is 0 Å². The zero-order valence-corrected chi connectivity index (χ0v) is 11.9. The van der Waals surface area contributed by atoms with E-state index in [-0.39, 0.29) is 5.91 Å². The zero-order valence-electron chi connectivity index (χ0n) is 8.84. The van der Waals surface area contributed by atoms with Crippen LogP contribution in [0.2, 0.25) is 13.7 Å². The van der Waals surface area contributed by atoms with Crippen molar-refractivity contribution in [3.8, 4) is 0 Å². The van der Waals surface area contributed by atoms with E-state index < -0.39 is 0 Å². The number of rotatable bonds is 2. The first-order chi connectivity index (χ1) is 8.47. The van der Waals surface area contributed by atoms with Gasteiger partial charge in [0.05, 0.1) is 20.6 Å². The van der Waals surface area contributed by atoms with Crippen LogP contribution in [0.15, 0.2) is 24.3 Å². The molecule has 1 aromatic heterocycles. The highest BCUT2D eigenvalue weighted by atomic mass is 35.5. The van der Waals surface area contributed by atoms with Gasteiger partial charge in [0.15, 0.2) is 0 Å². The first-order valence-corrected chi connectivity index (χ1v) is 6.73. The van der Waals surface area contributed by atoms with Gasteiger partial charge in [-0.25, -0.2) is 0 Å². The molecule has 0 unspecified atom stereocenters. The Labute approximate surface area is 122 Å². The van der Waals surface area contributed by atoms with E-state index in [1.165, 1.54) is 6.07 Å². The van der Waals surface area contributed by atoms with Crippen LogP contribution in [0.4, 0.5) is 11.4 Å². The van der Waals surface area contributed by atoms with Crippen molar-refractivity contribution in [3.05, 3.63) is 43.5 Å². The predicted molar refractivity (Wildman–Crippen MR) is 78.2 cm³/mol. The molecule has 0 saturated carbocycles. The molecular weight excluding hydrogens is 315 g/mol. The van der Waals surface area contributed by atoms with Gasteiger partial charge in [0, 0.05) is 5.69 Å². The first kappa shape index (κ1) is 13.5. The van der Waals surface area contributed by atoms with Gasteiger partial charge in [-0.05, 0) is 24.3 Å². The van der Waals surface area contributed by atoms with E-state index in [9.17, 15) is 4.79 Å². The number of amides is 1. The number of carbonyl (C=O) groups is 1. The fourth-order valence-electron chi connectivity index (χ4n) is 1.32. The van der Waals surface area contributed by atoms with Crippen LogP contribution in [0.5, 0.6) is 0 Å². The largest absolute Gasteiger partial charge is 0.399 e. The second-order valence-electron chi connectivity index (χ2n) is 3.43. The fourth-order valence-corrected chi connectivity index (χ4v) is 3.01. The summed E-state index contributed by atoms with van der Waals surface area (Å²) in [6.07, 6.45) is 0. The average Bonchev–Trinajstić information content (AvgIpc) is 2.62. The summed E-state index contributed by atoms with van der Waals surface area (Å²) < 4.78 is 0.789. The summed E-state index contributed by atoms with van der Waals surface area (Å²) >= 11 is 18.8. The van der Waals surface area contributed by atoms with Gasteiger partial charge in [0.1, 0.15) is 4.34 Å². The number of anilines is 2. The van der Waals surface area contributed by atoms with Gasteiger partial charge in [-0.2, -0.15) is 0 Å². The Morgan fingerprint density at radius 3 is 2.50 bits per heavy atom. The van der Waals surface area contributed by atoms with Crippen molar-refractivity contribution < 1.29 is 4.79 Å². The van der Waals surface area contributed by atoms with E-state index in [0.717, 1.165) is 11.3 Å². The average molecular weight is 322 g/mol. The molecule has 2 rings (SSSR count). The van der Waals surface area contributed by atoms with Crippen molar-refractivity contribution in [2.24, 2.45) is 0 Å². The molecule has 1 heterocycles. The van der Waals surface area contributed by atoms with E-state index in [0.29, 0.717) is 30.6 Å². The molecule has 0 spiro atoms. The van der Waals surface area contributed by atoms with Crippen molar-refractivity contribution in [2.75, 3.05) is 11.1 Å². The number of nitrogens with two attached hydrogens (primary N) is 1. The van der Waals surface area contributed by atoms with Crippen LogP contribution in [-0.4, -0.2) is 5.91 Å². The quantitative estimate of drug-likeness (QED) is 0.798. The second kappa shape index (κ2) is 5.36. The molecule has 94 valence electrons. The molecule has 0 aliphatic carbocycles. The molecule has 1 aromatic carbocycles. The smallest absolute Gasteiger partial charge is 0.258 e. The summed E-state index contributed by atoms with van der Waals surface area (Å²) in [5.41, 5.74) is 6.87. The molecule has 0 fully saturated rings. The highest BCUT2D eigenvalue weighted by Crippen LogP contribution is 2.32. The molecule has 0 saturated heterocycles. The number of hydrogen-bond donors (Lipinski definition) is 2. The molecule has 0 radical (unpaired) electrons. The SMILES string of the molecule is Nc1ccc(NC(=O)c2cc(Cl)sc2Cl)c(Cl)c1. The molecule has 7 heteroatoms. The van der Waals surface area contributed by atoms with E-state index in [2.05, 4.69) is 5.32 Å². The number of benzene rings is 1. The third kappa shape index (κ3) is 2.90. The van der Waals surface area contributed by atoms with Crippen LogP contribution in [0.1, 0.15) is 10.4 Å². The Morgan fingerprint density at radius 2 is 1.94 bits per heavy atom. The second-order valence-corrected chi connectivity index (χ2v) is 6.12. The normalized spacial score (nSPS) is 10.4. The standard InChI is InChI=1S/C11H7Cl3N2OS/c12-7-3-5(15)1-2-8(7)16-11(17)6-4-9(13)18-10(6)14/h1-4H,15H2,(H,16,17). The van der Waals surface area contributed by atoms with Crippen LogP contribution in [0.3, 0.4) is 0 Å². The predicted octanol–water partition coefficient (Wildman–Crippen LogP) is 4.54. The molecule has 3 N–H and O–H groups in total. The summed E-state index contributed by atoms with van der Waals surface area (Å²) in [7, 11) is 0. The third-order valence-electron chi connectivity index (χ3n) is 2.14. The van der Waals surface area contributed by atoms with Gasteiger partial charge >= 0.3 is 0 Å². The van der Waals surface area contributed by atoms with Gasteiger partial charge in [0.2, 0.25) is 0 Å². The molecule has 0 bridgehead atoms. The van der Waals surface area contributed by atoms with Crippen LogP contribution in [0.25, 0.3) is 0 Å². The molecule has 18 heavy (non-hydrogen) atoms. The van der Waals surface area contributed by atoms with Crippen LogP contribution in [0, 0.1) is 0 Å². The molecule has 2 aromatic rings. The molecule has 0 atom stereocenters. The zero-order chi connectivity index (χ0) is 13.3. The lowest BCUT2D eigenvalue weighted by molar-refractivity contribution is 0.102. The maximum atomic E-state index is 11.9. The Bertz CT molecular complexity index is 612. The van der Waals surface area contributed by atoms with Crippen molar-refractivity contribution >= 4 is 63.4 Å². The summed E-state index contributed by atoms with van der Waals surface area (Å²) in [6.45, 7) is 0. The summed E-state index contributed by atoms with van der Waals surface area (Å²) in [4.78, 5) is 11.9.